The van der Waals surface area contributed by atoms with E-state index in [2.05, 4.69) is 42.1 Å². The number of hydrogen-bond acceptors (Lipinski definition) is 2. The second-order valence-electron chi connectivity index (χ2n) is 3.51. The van der Waals surface area contributed by atoms with Gasteiger partial charge in [-0.15, -0.1) is 0 Å². The van der Waals surface area contributed by atoms with Crippen molar-refractivity contribution in [1.29, 1.82) is 0 Å². The number of aryl methyl sites for hydroxylation is 2. The lowest BCUT2D eigenvalue weighted by Gasteiger charge is -2.04. The van der Waals surface area contributed by atoms with Crippen LogP contribution >= 0.6 is 0 Å². The van der Waals surface area contributed by atoms with Gasteiger partial charge in [-0.25, -0.2) is 9.67 Å². The molecule has 1 aromatic heterocycles. The second-order valence-corrected chi connectivity index (χ2v) is 3.51. The van der Waals surface area contributed by atoms with E-state index in [-0.39, 0.29) is 0 Å². The fraction of sp³-hybridized carbons (Fsp3) is 0.273. The molecule has 0 fully saturated rings. The normalized spacial score (nSPS) is 10.4. The van der Waals surface area contributed by atoms with E-state index in [1.165, 1.54) is 16.7 Å². The first kappa shape index (κ1) is 8.94. The van der Waals surface area contributed by atoms with Crippen molar-refractivity contribution in [3.8, 4) is 0 Å². The molecule has 14 heavy (non-hydrogen) atoms. The summed E-state index contributed by atoms with van der Waals surface area (Å²) in [4.78, 5) is 3.91. The zero-order chi connectivity index (χ0) is 9.97. The van der Waals surface area contributed by atoms with Crippen molar-refractivity contribution in [1.82, 2.24) is 14.8 Å². The minimum atomic E-state index is 0.793. The van der Waals surface area contributed by atoms with Crippen LogP contribution in [-0.2, 0) is 6.54 Å². The van der Waals surface area contributed by atoms with E-state index in [0.29, 0.717) is 0 Å². The monoisotopic (exact) mass is 187 g/mol. The van der Waals surface area contributed by atoms with Crippen molar-refractivity contribution in [2.45, 2.75) is 20.4 Å². The molecular formula is C11H13N3. The molecule has 0 radical (unpaired) electrons. The van der Waals surface area contributed by atoms with Gasteiger partial charge < -0.3 is 0 Å². The first-order chi connectivity index (χ1) is 6.75. The standard InChI is InChI=1S/C11H13N3/c1-9-3-4-11(5-10(9)2)6-14-8-12-7-13-14/h3-5,7-8H,6H2,1-2H3. The second kappa shape index (κ2) is 3.62. The Labute approximate surface area is 83.4 Å². The van der Waals surface area contributed by atoms with Crippen LogP contribution < -0.4 is 0 Å². The number of hydrogen-bond donors (Lipinski definition) is 0. The van der Waals surface area contributed by atoms with Crippen molar-refractivity contribution in [3.63, 3.8) is 0 Å². The summed E-state index contributed by atoms with van der Waals surface area (Å²) in [6, 6.07) is 6.46. The predicted molar refractivity (Wildman–Crippen MR) is 55.0 cm³/mol. The van der Waals surface area contributed by atoms with Crippen LogP contribution in [0.5, 0.6) is 0 Å². The molecule has 0 saturated heterocycles. The van der Waals surface area contributed by atoms with Crippen molar-refractivity contribution >= 4 is 0 Å². The average molecular weight is 187 g/mol. The summed E-state index contributed by atoms with van der Waals surface area (Å²) >= 11 is 0. The van der Waals surface area contributed by atoms with Crippen molar-refractivity contribution in [2.24, 2.45) is 0 Å². The molecule has 0 saturated carbocycles. The van der Waals surface area contributed by atoms with Crippen LogP contribution in [0.15, 0.2) is 30.9 Å². The van der Waals surface area contributed by atoms with Crippen LogP contribution in [0.4, 0.5) is 0 Å². The molecular weight excluding hydrogens is 174 g/mol. The third-order valence-corrected chi connectivity index (χ3v) is 2.38. The van der Waals surface area contributed by atoms with E-state index in [9.17, 15) is 0 Å². The molecule has 3 nitrogen and oxygen atoms in total. The Bertz CT molecular complexity index is 418. The average Bonchev–Trinajstić information content (AvgIpc) is 2.64. The molecule has 0 N–H and O–H groups in total. The minimum absolute atomic E-state index is 0.793. The van der Waals surface area contributed by atoms with Crippen molar-refractivity contribution in [2.75, 3.05) is 0 Å². The van der Waals surface area contributed by atoms with Crippen LogP contribution in [0, 0.1) is 13.8 Å². The molecule has 2 aromatic rings. The van der Waals surface area contributed by atoms with Gasteiger partial charge in [-0.1, -0.05) is 18.2 Å². The van der Waals surface area contributed by atoms with E-state index in [4.69, 9.17) is 0 Å². The quantitative estimate of drug-likeness (QED) is 0.719. The summed E-state index contributed by atoms with van der Waals surface area (Å²) in [5.41, 5.74) is 3.91. The molecule has 0 aliphatic carbocycles. The lowest BCUT2D eigenvalue weighted by atomic mass is 10.1. The first-order valence-corrected chi connectivity index (χ1v) is 4.64. The highest BCUT2D eigenvalue weighted by Crippen LogP contribution is 2.10. The van der Waals surface area contributed by atoms with Crippen LogP contribution in [0.2, 0.25) is 0 Å². The van der Waals surface area contributed by atoms with Gasteiger partial charge >= 0.3 is 0 Å². The van der Waals surface area contributed by atoms with E-state index in [1.54, 1.807) is 12.7 Å². The van der Waals surface area contributed by atoms with Gasteiger partial charge in [-0.3, -0.25) is 0 Å². The number of aromatic nitrogens is 3. The molecule has 0 amide bonds. The maximum absolute atomic E-state index is 4.07. The van der Waals surface area contributed by atoms with Gasteiger partial charge in [0.25, 0.3) is 0 Å². The summed E-state index contributed by atoms with van der Waals surface area (Å²) in [7, 11) is 0. The maximum atomic E-state index is 4.07. The smallest absolute Gasteiger partial charge is 0.137 e. The van der Waals surface area contributed by atoms with Gasteiger partial charge in [0, 0.05) is 0 Å². The molecule has 1 heterocycles. The summed E-state index contributed by atoms with van der Waals surface area (Å²) in [6.45, 7) is 5.04. The highest BCUT2D eigenvalue weighted by molar-refractivity contribution is 5.29. The van der Waals surface area contributed by atoms with Gasteiger partial charge in [-0.2, -0.15) is 5.10 Å². The minimum Gasteiger partial charge on any atom is -0.249 e. The van der Waals surface area contributed by atoms with Gasteiger partial charge in [0.1, 0.15) is 12.7 Å². The molecule has 0 aliphatic heterocycles. The third kappa shape index (κ3) is 1.82. The molecule has 1 aromatic carbocycles. The van der Waals surface area contributed by atoms with Crippen LogP contribution in [-0.4, -0.2) is 14.8 Å². The molecule has 0 spiro atoms. The Balaban J connectivity index is 2.22. The largest absolute Gasteiger partial charge is 0.249 e. The van der Waals surface area contributed by atoms with Crippen LogP contribution in [0.3, 0.4) is 0 Å². The molecule has 0 bridgehead atoms. The Hall–Kier alpha value is -1.64. The third-order valence-electron chi connectivity index (χ3n) is 2.38. The van der Waals surface area contributed by atoms with Gasteiger partial charge in [0.05, 0.1) is 6.54 Å². The van der Waals surface area contributed by atoms with E-state index < -0.39 is 0 Å². The number of nitrogens with zero attached hydrogens (tertiary/aromatic N) is 3. The highest BCUT2D eigenvalue weighted by atomic mass is 15.3. The van der Waals surface area contributed by atoms with E-state index in [1.807, 2.05) is 4.68 Å². The van der Waals surface area contributed by atoms with Crippen LogP contribution in [0.1, 0.15) is 16.7 Å². The summed E-state index contributed by atoms with van der Waals surface area (Å²) in [6.07, 6.45) is 3.29. The molecule has 0 atom stereocenters. The van der Waals surface area contributed by atoms with Crippen molar-refractivity contribution in [3.05, 3.63) is 47.5 Å². The molecule has 0 aliphatic rings. The lowest BCUT2D eigenvalue weighted by Crippen LogP contribution is -2.00. The molecule has 3 heteroatoms. The fourth-order valence-corrected chi connectivity index (χ4v) is 1.40. The molecule has 2 rings (SSSR count). The lowest BCUT2D eigenvalue weighted by molar-refractivity contribution is 0.684. The van der Waals surface area contributed by atoms with Crippen molar-refractivity contribution < 1.29 is 0 Å². The molecule has 0 unspecified atom stereocenters. The van der Waals surface area contributed by atoms with Gasteiger partial charge in [0.2, 0.25) is 0 Å². The highest BCUT2D eigenvalue weighted by Gasteiger charge is 1.97. The Morgan fingerprint density at radius 1 is 1.21 bits per heavy atom. The zero-order valence-electron chi connectivity index (χ0n) is 8.44. The molecule has 72 valence electrons. The first-order valence-electron chi connectivity index (χ1n) is 4.64. The SMILES string of the molecule is Cc1ccc(Cn2cncn2)cc1C. The summed E-state index contributed by atoms with van der Waals surface area (Å²) in [5.74, 6) is 0. The van der Waals surface area contributed by atoms with Crippen LogP contribution in [0.25, 0.3) is 0 Å². The fourth-order valence-electron chi connectivity index (χ4n) is 1.40. The van der Waals surface area contributed by atoms with E-state index in [0.717, 1.165) is 6.54 Å². The maximum Gasteiger partial charge on any atom is 0.137 e. The summed E-state index contributed by atoms with van der Waals surface area (Å²) in [5, 5.41) is 4.07. The van der Waals surface area contributed by atoms with Gasteiger partial charge in [-0.05, 0) is 30.5 Å². The Kier molecular flexibility index (Phi) is 2.31. The van der Waals surface area contributed by atoms with Gasteiger partial charge in [0.15, 0.2) is 0 Å². The summed E-state index contributed by atoms with van der Waals surface area (Å²) < 4.78 is 1.82. The Morgan fingerprint density at radius 3 is 2.71 bits per heavy atom. The zero-order valence-corrected chi connectivity index (χ0v) is 8.44. The number of benzene rings is 1. The topological polar surface area (TPSA) is 30.7 Å². The van der Waals surface area contributed by atoms with E-state index >= 15 is 0 Å². The Morgan fingerprint density at radius 2 is 2.07 bits per heavy atom. The number of rotatable bonds is 2. The predicted octanol–water partition coefficient (Wildman–Crippen LogP) is 1.94.